The maximum Gasteiger partial charge on any atom is 0.152 e. The van der Waals surface area contributed by atoms with Crippen LogP contribution in [0.4, 0.5) is 0 Å². The van der Waals surface area contributed by atoms with Crippen molar-refractivity contribution in [3.8, 4) is 17.9 Å². The van der Waals surface area contributed by atoms with Gasteiger partial charge in [0.15, 0.2) is 6.07 Å². The molecule has 3 nitrogen and oxygen atoms in total. The monoisotopic (exact) mass is 167 g/mol. The summed E-state index contributed by atoms with van der Waals surface area (Å²) < 4.78 is 0. The summed E-state index contributed by atoms with van der Waals surface area (Å²) in [5, 5.41) is 8.26. The van der Waals surface area contributed by atoms with Crippen molar-refractivity contribution in [2.75, 3.05) is 0 Å². The number of fused-ring (bicyclic) bond motifs is 1. The van der Waals surface area contributed by atoms with E-state index in [2.05, 4.69) is 21.8 Å². The highest BCUT2D eigenvalue weighted by molar-refractivity contribution is 5.76. The molecule has 0 bridgehead atoms. The number of nitriles is 1. The first-order valence-corrected chi connectivity index (χ1v) is 3.73. The Kier molecular flexibility index (Phi) is 1.71. The highest BCUT2D eigenvalue weighted by atomic mass is 14.9. The number of imidazole rings is 1. The fourth-order valence-electron chi connectivity index (χ4n) is 1.11. The van der Waals surface area contributed by atoms with Gasteiger partial charge < -0.3 is 4.98 Å². The molecule has 0 aliphatic carbocycles. The lowest BCUT2D eigenvalue weighted by Crippen LogP contribution is -1.74. The smallest absolute Gasteiger partial charge is 0.152 e. The van der Waals surface area contributed by atoms with E-state index in [-0.39, 0.29) is 0 Å². The predicted molar refractivity (Wildman–Crippen MR) is 48.6 cm³/mol. The van der Waals surface area contributed by atoms with Gasteiger partial charge in [-0.1, -0.05) is 5.92 Å². The van der Waals surface area contributed by atoms with Gasteiger partial charge in [0.05, 0.1) is 17.4 Å². The molecule has 0 radical (unpaired) electrons. The molecule has 0 unspecified atom stereocenters. The van der Waals surface area contributed by atoms with Gasteiger partial charge in [-0.05, 0) is 18.2 Å². The number of aromatic amines is 1. The maximum absolute atomic E-state index is 8.26. The Morgan fingerprint density at radius 1 is 1.38 bits per heavy atom. The second kappa shape index (κ2) is 3.00. The minimum absolute atomic E-state index is 0.818. The molecule has 1 aromatic heterocycles. The van der Waals surface area contributed by atoms with Crippen LogP contribution < -0.4 is 0 Å². The molecule has 0 saturated heterocycles. The van der Waals surface area contributed by atoms with Crippen LogP contribution in [0, 0.1) is 23.2 Å². The van der Waals surface area contributed by atoms with Crippen LogP contribution in [0.25, 0.3) is 11.0 Å². The quantitative estimate of drug-likeness (QED) is 0.603. The Hall–Kier alpha value is -2.26. The molecule has 60 valence electrons. The fraction of sp³-hybridized carbons (Fsp3) is 0. The molecule has 0 spiro atoms. The van der Waals surface area contributed by atoms with Gasteiger partial charge in [-0.3, -0.25) is 0 Å². The van der Waals surface area contributed by atoms with Crippen molar-refractivity contribution in [1.29, 1.82) is 5.26 Å². The summed E-state index contributed by atoms with van der Waals surface area (Å²) in [5.74, 6) is 5.06. The van der Waals surface area contributed by atoms with E-state index < -0.39 is 0 Å². The lowest BCUT2D eigenvalue weighted by atomic mass is 10.2. The zero-order valence-corrected chi connectivity index (χ0v) is 6.70. The minimum Gasteiger partial charge on any atom is -0.345 e. The Labute approximate surface area is 75.0 Å². The number of nitrogens with one attached hydrogen (secondary N) is 1. The highest BCUT2D eigenvalue weighted by Gasteiger charge is 1.94. The standard InChI is InChI=1S/C10H5N3/c11-5-1-2-8-3-4-9-10(6-8)13-7-12-9/h3-4,6-7H,(H,12,13). The summed E-state index contributed by atoms with van der Waals surface area (Å²) in [7, 11) is 0. The van der Waals surface area contributed by atoms with E-state index in [0.717, 1.165) is 16.6 Å². The van der Waals surface area contributed by atoms with Crippen LogP contribution in [0.1, 0.15) is 5.56 Å². The van der Waals surface area contributed by atoms with Crippen LogP contribution in [0.5, 0.6) is 0 Å². The second-order valence-corrected chi connectivity index (χ2v) is 2.50. The number of benzene rings is 1. The highest BCUT2D eigenvalue weighted by Crippen LogP contribution is 2.10. The van der Waals surface area contributed by atoms with Crippen molar-refractivity contribution in [3.63, 3.8) is 0 Å². The van der Waals surface area contributed by atoms with Crippen molar-refractivity contribution in [1.82, 2.24) is 9.97 Å². The third-order valence-electron chi connectivity index (χ3n) is 1.68. The zero-order valence-electron chi connectivity index (χ0n) is 6.70. The van der Waals surface area contributed by atoms with Crippen LogP contribution in [-0.4, -0.2) is 9.97 Å². The molecule has 13 heavy (non-hydrogen) atoms. The van der Waals surface area contributed by atoms with Gasteiger partial charge in [-0.15, -0.1) is 0 Å². The summed E-state index contributed by atoms with van der Waals surface area (Å²) in [4.78, 5) is 7.05. The molecule has 0 aliphatic heterocycles. The van der Waals surface area contributed by atoms with Crippen LogP contribution >= 0.6 is 0 Å². The van der Waals surface area contributed by atoms with Gasteiger partial charge in [0, 0.05) is 11.5 Å². The number of nitrogens with zero attached hydrogens (tertiary/aromatic N) is 2. The Balaban J connectivity index is 2.56. The topological polar surface area (TPSA) is 52.5 Å². The fourth-order valence-corrected chi connectivity index (χ4v) is 1.11. The van der Waals surface area contributed by atoms with Crippen molar-refractivity contribution in [3.05, 3.63) is 30.1 Å². The lowest BCUT2D eigenvalue weighted by Gasteiger charge is -1.89. The Bertz CT molecular complexity index is 534. The van der Waals surface area contributed by atoms with E-state index in [4.69, 9.17) is 5.26 Å². The molecule has 0 atom stereocenters. The average Bonchev–Trinajstić information content (AvgIpc) is 2.61. The SMILES string of the molecule is N#CC#Cc1ccc2nc[nH]c2c1. The van der Waals surface area contributed by atoms with Crippen molar-refractivity contribution >= 4 is 11.0 Å². The average molecular weight is 167 g/mol. The van der Waals surface area contributed by atoms with E-state index >= 15 is 0 Å². The number of aromatic nitrogens is 2. The van der Waals surface area contributed by atoms with Gasteiger partial charge >= 0.3 is 0 Å². The summed E-state index contributed by atoms with van der Waals surface area (Å²) >= 11 is 0. The van der Waals surface area contributed by atoms with Crippen LogP contribution in [0.2, 0.25) is 0 Å². The van der Waals surface area contributed by atoms with E-state index in [1.807, 2.05) is 18.2 Å². The zero-order chi connectivity index (χ0) is 9.10. The third kappa shape index (κ3) is 1.36. The molecule has 0 fully saturated rings. The van der Waals surface area contributed by atoms with E-state index in [1.165, 1.54) is 0 Å². The normalized spacial score (nSPS) is 8.85. The predicted octanol–water partition coefficient (Wildman–Crippen LogP) is 1.44. The molecule has 3 heteroatoms. The first-order chi connectivity index (χ1) is 6.40. The molecule has 1 aromatic carbocycles. The number of H-pyrrole nitrogens is 1. The van der Waals surface area contributed by atoms with Gasteiger partial charge in [-0.2, -0.15) is 5.26 Å². The molecule has 0 aliphatic rings. The summed E-state index contributed by atoms with van der Waals surface area (Å²) in [6.45, 7) is 0. The van der Waals surface area contributed by atoms with E-state index in [9.17, 15) is 0 Å². The molecule has 1 heterocycles. The first-order valence-electron chi connectivity index (χ1n) is 3.73. The number of hydrogen-bond donors (Lipinski definition) is 1. The molecule has 0 amide bonds. The summed E-state index contributed by atoms with van der Waals surface area (Å²) in [6, 6.07) is 7.35. The third-order valence-corrected chi connectivity index (χ3v) is 1.68. The first kappa shape index (κ1) is 7.39. The van der Waals surface area contributed by atoms with E-state index in [1.54, 1.807) is 12.4 Å². The molecular weight excluding hydrogens is 162 g/mol. The summed E-state index contributed by atoms with van der Waals surface area (Å²) in [6.07, 6.45) is 1.63. The second-order valence-electron chi connectivity index (χ2n) is 2.50. The molecular formula is C10H5N3. The van der Waals surface area contributed by atoms with Gasteiger partial charge in [0.2, 0.25) is 0 Å². The maximum atomic E-state index is 8.26. The van der Waals surface area contributed by atoms with Crippen molar-refractivity contribution in [2.45, 2.75) is 0 Å². The van der Waals surface area contributed by atoms with Crippen molar-refractivity contribution in [2.24, 2.45) is 0 Å². The van der Waals surface area contributed by atoms with Gasteiger partial charge in [0.1, 0.15) is 0 Å². The molecule has 1 N–H and O–H groups in total. The molecule has 0 saturated carbocycles. The lowest BCUT2D eigenvalue weighted by molar-refractivity contribution is 1.34. The van der Waals surface area contributed by atoms with Crippen LogP contribution in [0.3, 0.4) is 0 Å². The summed E-state index contributed by atoms with van der Waals surface area (Å²) in [5.41, 5.74) is 2.66. The van der Waals surface area contributed by atoms with Crippen LogP contribution in [0.15, 0.2) is 24.5 Å². The molecule has 2 aromatic rings. The largest absolute Gasteiger partial charge is 0.345 e. The number of hydrogen-bond acceptors (Lipinski definition) is 2. The molecule has 2 rings (SSSR count). The van der Waals surface area contributed by atoms with Gasteiger partial charge in [0.25, 0.3) is 0 Å². The van der Waals surface area contributed by atoms with Crippen molar-refractivity contribution < 1.29 is 0 Å². The van der Waals surface area contributed by atoms with Crippen LogP contribution in [-0.2, 0) is 0 Å². The Morgan fingerprint density at radius 3 is 3.15 bits per heavy atom. The number of rotatable bonds is 0. The Morgan fingerprint density at radius 2 is 2.31 bits per heavy atom. The van der Waals surface area contributed by atoms with Gasteiger partial charge in [-0.25, -0.2) is 4.98 Å². The van der Waals surface area contributed by atoms with E-state index in [0.29, 0.717) is 0 Å². The minimum atomic E-state index is 0.818.